The van der Waals surface area contributed by atoms with E-state index in [-0.39, 0.29) is 5.91 Å². The average Bonchev–Trinajstić information content (AvgIpc) is 3.53. The third-order valence-electron chi connectivity index (χ3n) is 5.75. The highest BCUT2D eigenvalue weighted by Gasteiger charge is 2.27. The van der Waals surface area contributed by atoms with E-state index in [1.165, 1.54) is 22.1 Å². The molecular formula is C26H18N4OS. The van der Waals surface area contributed by atoms with Crippen LogP contribution < -0.4 is 5.43 Å². The summed E-state index contributed by atoms with van der Waals surface area (Å²) < 4.78 is 2.06. The van der Waals surface area contributed by atoms with Gasteiger partial charge in [-0.2, -0.15) is 5.10 Å². The molecule has 0 unspecified atom stereocenters. The Labute approximate surface area is 188 Å². The number of aryl methyl sites for hydroxylation is 1. The Morgan fingerprint density at radius 2 is 1.81 bits per heavy atom. The molecule has 5 nitrogen and oxygen atoms in total. The Hall–Kier alpha value is -4.03. The summed E-state index contributed by atoms with van der Waals surface area (Å²) in [6.07, 6.45) is 3.93. The molecule has 1 aliphatic rings. The van der Waals surface area contributed by atoms with Crippen molar-refractivity contribution >= 4 is 50.7 Å². The molecule has 1 amide bonds. The smallest absolute Gasteiger partial charge is 0.273 e. The number of fused-ring (bicyclic) bond motifs is 2. The molecule has 1 N–H and O–H groups in total. The normalized spacial score (nSPS) is 15.0. The molecule has 3 aromatic carbocycles. The van der Waals surface area contributed by atoms with Crippen LogP contribution in [0.2, 0.25) is 0 Å². The van der Waals surface area contributed by atoms with Crippen LogP contribution in [-0.2, 0) is 11.8 Å². The molecule has 0 atom stereocenters. The highest BCUT2D eigenvalue weighted by Crippen LogP contribution is 2.29. The lowest BCUT2D eigenvalue weighted by molar-refractivity contribution is -0.116. The van der Waals surface area contributed by atoms with Crippen molar-refractivity contribution in [3.63, 3.8) is 0 Å². The van der Waals surface area contributed by atoms with Gasteiger partial charge in [0, 0.05) is 40.7 Å². The highest BCUT2D eigenvalue weighted by molar-refractivity contribution is 7.12. The molecule has 2 aromatic heterocycles. The van der Waals surface area contributed by atoms with Gasteiger partial charge in [-0.1, -0.05) is 54.6 Å². The van der Waals surface area contributed by atoms with Gasteiger partial charge in [-0.3, -0.25) is 4.79 Å². The van der Waals surface area contributed by atoms with Crippen LogP contribution in [0.15, 0.2) is 89.0 Å². The fourth-order valence-electron chi connectivity index (χ4n) is 4.14. The monoisotopic (exact) mass is 434 g/mol. The molecular weight excluding hydrogens is 416 g/mol. The number of amides is 1. The molecule has 154 valence electrons. The Bertz CT molecular complexity index is 1590. The zero-order valence-corrected chi connectivity index (χ0v) is 18.1. The second-order valence-corrected chi connectivity index (χ2v) is 8.63. The molecule has 3 heterocycles. The van der Waals surface area contributed by atoms with Crippen LogP contribution in [-0.4, -0.2) is 21.2 Å². The number of nitrogens with zero attached hydrogens (tertiary/aromatic N) is 3. The molecule has 0 bridgehead atoms. The van der Waals surface area contributed by atoms with E-state index in [4.69, 9.17) is 4.98 Å². The predicted octanol–water partition coefficient (Wildman–Crippen LogP) is 5.37. The fourth-order valence-corrected chi connectivity index (χ4v) is 4.97. The minimum absolute atomic E-state index is 0.213. The van der Waals surface area contributed by atoms with Crippen LogP contribution in [0.3, 0.4) is 0 Å². The lowest BCUT2D eigenvalue weighted by atomic mass is 10.1. The third-order valence-corrected chi connectivity index (χ3v) is 6.60. The summed E-state index contributed by atoms with van der Waals surface area (Å²) >= 11 is 1.49. The number of hydrogen-bond donors (Lipinski definition) is 1. The maximum absolute atomic E-state index is 12.6. The number of para-hydroxylation sites is 1. The van der Waals surface area contributed by atoms with Crippen molar-refractivity contribution in [2.75, 3.05) is 0 Å². The Morgan fingerprint density at radius 3 is 2.72 bits per heavy atom. The van der Waals surface area contributed by atoms with Crippen LogP contribution in [0, 0.1) is 0 Å². The standard InChI is InChI=1S/C26H18N4OS/c1-30-14-19(20-8-4-5-9-23(20)30)13-21-24(28-29-25(21)31)26-27-22(15-32-26)18-11-10-16-6-2-3-7-17(16)12-18/h2-15H,1H3,(H,29,31). The van der Waals surface area contributed by atoms with Crippen molar-refractivity contribution in [2.24, 2.45) is 12.1 Å². The molecule has 5 aromatic rings. The number of nitrogens with one attached hydrogen (secondary N) is 1. The Morgan fingerprint density at radius 1 is 1.00 bits per heavy atom. The predicted molar refractivity (Wildman–Crippen MR) is 131 cm³/mol. The van der Waals surface area contributed by atoms with Gasteiger partial charge in [0.25, 0.3) is 5.91 Å². The minimum Gasteiger partial charge on any atom is -0.350 e. The van der Waals surface area contributed by atoms with Crippen molar-refractivity contribution in [1.82, 2.24) is 15.0 Å². The van der Waals surface area contributed by atoms with Crippen LogP contribution in [0.4, 0.5) is 0 Å². The SMILES string of the molecule is Cn1cc(C=C2C(=O)NN=C2c2nc(-c3ccc4ccccc4c3)cs2)c2ccccc21. The van der Waals surface area contributed by atoms with Gasteiger partial charge in [-0.05, 0) is 29.0 Å². The molecule has 0 radical (unpaired) electrons. The third kappa shape index (κ3) is 3.04. The molecule has 0 saturated heterocycles. The van der Waals surface area contributed by atoms with E-state index < -0.39 is 0 Å². The molecule has 32 heavy (non-hydrogen) atoms. The number of hydrogen-bond acceptors (Lipinski definition) is 4. The maximum Gasteiger partial charge on any atom is 0.273 e. The lowest BCUT2D eigenvalue weighted by Gasteiger charge is -2.01. The highest BCUT2D eigenvalue weighted by atomic mass is 32.1. The maximum atomic E-state index is 12.6. The van der Waals surface area contributed by atoms with Crippen molar-refractivity contribution in [1.29, 1.82) is 0 Å². The summed E-state index contributed by atoms with van der Waals surface area (Å²) in [6.45, 7) is 0. The number of carbonyl (C=O) groups excluding carboxylic acids is 1. The van der Waals surface area contributed by atoms with Gasteiger partial charge in [-0.25, -0.2) is 10.4 Å². The first-order valence-corrected chi connectivity index (χ1v) is 11.1. The zero-order valence-electron chi connectivity index (χ0n) is 17.2. The minimum atomic E-state index is -0.213. The van der Waals surface area contributed by atoms with Gasteiger partial charge in [0.1, 0.15) is 10.7 Å². The largest absolute Gasteiger partial charge is 0.350 e. The van der Waals surface area contributed by atoms with Crippen LogP contribution in [0.5, 0.6) is 0 Å². The van der Waals surface area contributed by atoms with Gasteiger partial charge >= 0.3 is 0 Å². The molecule has 0 aliphatic carbocycles. The van der Waals surface area contributed by atoms with E-state index in [2.05, 4.69) is 57.6 Å². The van der Waals surface area contributed by atoms with Crippen molar-refractivity contribution in [3.05, 3.63) is 94.5 Å². The summed E-state index contributed by atoms with van der Waals surface area (Å²) in [4.78, 5) is 17.4. The van der Waals surface area contributed by atoms with E-state index in [0.29, 0.717) is 11.3 Å². The lowest BCUT2D eigenvalue weighted by Crippen LogP contribution is -2.13. The van der Waals surface area contributed by atoms with Crippen molar-refractivity contribution in [3.8, 4) is 11.3 Å². The number of carbonyl (C=O) groups is 1. The summed E-state index contributed by atoms with van der Waals surface area (Å²) in [6, 6.07) is 22.7. The number of rotatable bonds is 3. The van der Waals surface area contributed by atoms with Gasteiger partial charge in [-0.15, -0.1) is 11.3 Å². The topological polar surface area (TPSA) is 59.3 Å². The summed E-state index contributed by atoms with van der Waals surface area (Å²) in [5.41, 5.74) is 7.74. The van der Waals surface area contributed by atoms with Gasteiger partial charge in [0.15, 0.2) is 0 Å². The zero-order chi connectivity index (χ0) is 21.7. The Balaban J connectivity index is 1.39. The second-order valence-electron chi connectivity index (χ2n) is 7.77. The number of benzene rings is 3. The van der Waals surface area contributed by atoms with Gasteiger partial charge in [0.05, 0.1) is 11.3 Å². The van der Waals surface area contributed by atoms with Crippen LogP contribution in [0.1, 0.15) is 10.6 Å². The van der Waals surface area contributed by atoms with E-state index in [9.17, 15) is 4.79 Å². The van der Waals surface area contributed by atoms with Crippen molar-refractivity contribution in [2.45, 2.75) is 0 Å². The van der Waals surface area contributed by atoms with Crippen LogP contribution >= 0.6 is 11.3 Å². The molecule has 6 heteroatoms. The van der Waals surface area contributed by atoms with E-state index in [1.807, 2.05) is 49.0 Å². The molecule has 6 rings (SSSR count). The van der Waals surface area contributed by atoms with E-state index in [0.717, 1.165) is 32.7 Å². The number of aromatic nitrogens is 2. The van der Waals surface area contributed by atoms with Gasteiger partial charge < -0.3 is 4.57 Å². The molecule has 1 aliphatic heterocycles. The fraction of sp³-hybridized carbons (Fsp3) is 0.0385. The number of thiazole rings is 1. The van der Waals surface area contributed by atoms with Crippen LogP contribution in [0.25, 0.3) is 39.0 Å². The van der Waals surface area contributed by atoms with E-state index >= 15 is 0 Å². The van der Waals surface area contributed by atoms with Crippen molar-refractivity contribution < 1.29 is 4.79 Å². The Kier molecular flexibility index (Phi) is 4.26. The quantitative estimate of drug-likeness (QED) is 0.388. The summed E-state index contributed by atoms with van der Waals surface area (Å²) in [5.74, 6) is -0.213. The summed E-state index contributed by atoms with van der Waals surface area (Å²) in [5, 5.41) is 10.5. The first-order chi connectivity index (χ1) is 15.7. The summed E-state index contributed by atoms with van der Waals surface area (Å²) in [7, 11) is 2.00. The van der Waals surface area contributed by atoms with Gasteiger partial charge in [0.2, 0.25) is 0 Å². The molecule has 0 fully saturated rings. The second kappa shape index (κ2) is 7.28. The first kappa shape index (κ1) is 18.7. The van der Waals surface area contributed by atoms with E-state index in [1.54, 1.807) is 0 Å². The molecule has 0 spiro atoms. The first-order valence-electron chi connectivity index (χ1n) is 10.3. The molecule has 0 saturated carbocycles. The average molecular weight is 435 g/mol. The number of hydrazone groups is 1.